The van der Waals surface area contributed by atoms with E-state index < -0.39 is 0 Å². The topological polar surface area (TPSA) is 52.6 Å². The van der Waals surface area contributed by atoms with Gasteiger partial charge in [0.05, 0.1) is 13.2 Å². The molecular formula is C15H28N2O2. The first kappa shape index (κ1) is 14.8. The van der Waals surface area contributed by atoms with Crippen molar-refractivity contribution < 1.29 is 9.90 Å². The molecule has 110 valence electrons. The number of carbonyl (C=O) groups is 1. The molecule has 0 spiro atoms. The highest BCUT2D eigenvalue weighted by Gasteiger charge is 2.32. The average molecular weight is 268 g/mol. The highest BCUT2D eigenvalue weighted by Crippen LogP contribution is 2.24. The maximum Gasteiger partial charge on any atom is 0.234 e. The van der Waals surface area contributed by atoms with Crippen molar-refractivity contribution >= 4 is 5.91 Å². The zero-order valence-electron chi connectivity index (χ0n) is 12.3. The third-order valence-electron chi connectivity index (χ3n) is 4.91. The van der Waals surface area contributed by atoms with E-state index in [1.807, 2.05) is 0 Å². The van der Waals surface area contributed by atoms with E-state index in [2.05, 4.69) is 24.1 Å². The van der Waals surface area contributed by atoms with Crippen molar-refractivity contribution in [2.45, 2.75) is 58.0 Å². The van der Waals surface area contributed by atoms with Gasteiger partial charge in [-0.1, -0.05) is 13.8 Å². The first-order valence-corrected chi connectivity index (χ1v) is 7.74. The third-order valence-corrected chi connectivity index (χ3v) is 4.91. The summed E-state index contributed by atoms with van der Waals surface area (Å²) in [5, 5.41) is 12.6. The number of aliphatic hydroxyl groups excluding tert-OH is 1. The van der Waals surface area contributed by atoms with E-state index in [0.717, 1.165) is 31.7 Å². The van der Waals surface area contributed by atoms with Crippen LogP contribution in [0.3, 0.4) is 0 Å². The molecule has 1 aliphatic carbocycles. The molecule has 2 unspecified atom stereocenters. The third kappa shape index (κ3) is 3.93. The van der Waals surface area contributed by atoms with E-state index in [1.54, 1.807) is 0 Å². The van der Waals surface area contributed by atoms with Gasteiger partial charge in [0.2, 0.25) is 5.91 Å². The summed E-state index contributed by atoms with van der Waals surface area (Å²) in [6.07, 6.45) is 5.77. The summed E-state index contributed by atoms with van der Waals surface area (Å²) in [5.74, 6) is 1.44. The van der Waals surface area contributed by atoms with Gasteiger partial charge in [-0.25, -0.2) is 0 Å². The number of amides is 1. The molecule has 2 fully saturated rings. The van der Waals surface area contributed by atoms with Gasteiger partial charge in [-0.2, -0.15) is 0 Å². The number of carbonyl (C=O) groups excluding carboxylic acids is 1. The summed E-state index contributed by atoms with van der Waals surface area (Å²) in [7, 11) is 0. The Balaban J connectivity index is 1.75. The van der Waals surface area contributed by atoms with Crippen LogP contribution < -0.4 is 5.32 Å². The van der Waals surface area contributed by atoms with E-state index >= 15 is 0 Å². The predicted molar refractivity (Wildman–Crippen MR) is 75.8 cm³/mol. The van der Waals surface area contributed by atoms with Gasteiger partial charge >= 0.3 is 0 Å². The van der Waals surface area contributed by atoms with E-state index in [1.165, 1.54) is 12.8 Å². The van der Waals surface area contributed by atoms with Gasteiger partial charge < -0.3 is 10.4 Å². The van der Waals surface area contributed by atoms with Crippen molar-refractivity contribution in [2.24, 2.45) is 11.8 Å². The highest BCUT2D eigenvalue weighted by atomic mass is 16.3. The van der Waals surface area contributed by atoms with E-state index in [-0.39, 0.29) is 18.6 Å². The standard InChI is InChI=1S/C15H28N2O2/c1-11-3-5-13(6-4-11)16-15(19)9-17-8-7-12(2)14(17)10-18/h11-14,18H,3-10H2,1-2H3,(H,16,19). The van der Waals surface area contributed by atoms with Crippen LogP contribution in [-0.2, 0) is 4.79 Å². The molecule has 0 radical (unpaired) electrons. The molecule has 0 aromatic carbocycles. The molecule has 1 saturated carbocycles. The fraction of sp³-hybridized carbons (Fsp3) is 0.933. The SMILES string of the molecule is CC1CCC(NC(=O)CN2CCC(C)C2CO)CC1. The quantitative estimate of drug-likeness (QED) is 0.810. The van der Waals surface area contributed by atoms with Gasteiger partial charge in [-0.05, 0) is 50.5 Å². The van der Waals surface area contributed by atoms with Gasteiger partial charge in [-0.15, -0.1) is 0 Å². The molecule has 2 rings (SSSR count). The molecular weight excluding hydrogens is 240 g/mol. The minimum absolute atomic E-state index is 0.132. The van der Waals surface area contributed by atoms with Crippen LogP contribution in [-0.4, -0.2) is 47.7 Å². The summed E-state index contributed by atoms with van der Waals surface area (Å²) < 4.78 is 0. The number of rotatable bonds is 4. The largest absolute Gasteiger partial charge is 0.395 e. The van der Waals surface area contributed by atoms with Crippen LogP contribution in [0, 0.1) is 11.8 Å². The first-order chi connectivity index (χ1) is 9.10. The van der Waals surface area contributed by atoms with Crippen LogP contribution in [0.1, 0.15) is 46.0 Å². The molecule has 0 aromatic heterocycles. The lowest BCUT2D eigenvalue weighted by atomic mass is 9.87. The molecule has 1 heterocycles. The second-order valence-electron chi connectivity index (χ2n) is 6.51. The van der Waals surface area contributed by atoms with Crippen molar-refractivity contribution in [3.05, 3.63) is 0 Å². The predicted octanol–water partition coefficient (Wildman–Crippen LogP) is 1.38. The smallest absolute Gasteiger partial charge is 0.234 e. The Hall–Kier alpha value is -0.610. The Morgan fingerprint density at radius 3 is 2.53 bits per heavy atom. The second-order valence-corrected chi connectivity index (χ2v) is 6.51. The van der Waals surface area contributed by atoms with Crippen molar-refractivity contribution in [1.82, 2.24) is 10.2 Å². The molecule has 1 aliphatic heterocycles. The molecule has 2 N–H and O–H groups in total. The Morgan fingerprint density at radius 1 is 1.21 bits per heavy atom. The van der Waals surface area contributed by atoms with E-state index in [9.17, 15) is 9.90 Å². The molecule has 0 aromatic rings. The van der Waals surface area contributed by atoms with Crippen molar-refractivity contribution in [2.75, 3.05) is 19.7 Å². The van der Waals surface area contributed by atoms with Crippen molar-refractivity contribution in [3.63, 3.8) is 0 Å². The molecule has 4 heteroatoms. The normalized spacial score (nSPS) is 36.4. The van der Waals surface area contributed by atoms with Crippen LogP contribution in [0.15, 0.2) is 0 Å². The minimum Gasteiger partial charge on any atom is -0.395 e. The van der Waals surface area contributed by atoms with E-state index in [0.29, 0.717) is 18.5 Å². The molecule has 2 aliphatic rings. The Morgan fingerprint density at radius 2 is 1.89 bits per heavy atom. The molecule has 1 amide bonds. The van der Waals surface area contributed by atoms with E-state index in [4.69, 9.17) is 0 Å². The zero-order valence-corrected chi connectivity index (χ0v) is 12.3. The number of aliphatic hydroxyl groups is 1. The minimum atomic E-state index is 0.132. The van der Waals surface area contributed by atoms with Crippen molar-refractivity contribution in [3.8, 4) is 0 Å². The lowest BCUT2D eigenvalue weighted by molar-refractivity contribution is -0.123. The maximum atomic E-state index is 12.1. The summed E-state index contributed by atoms with van der Waals surface area (Å²) in [5.41, 5.74) is 0. The second kappa shape index (κ2) is 6.71. The van der Waals surface area contributed by atoms with Gasteiger partial charge in [-0.3, -0.25) is 9.69 Å². The molecule has 0 bridgehead atoms. The summed E-state index contributed by atoms with van der Waals surface area (Å²) >= 11 is 0. The number of hydrogen-bond acceptors (Lipinski definition) is 3. The summed E-state index contributed by atoms with van der Waals surface area (Å²) in [6, 6.07) is 0.536. The molecule has 2 atom stereocenters. The number of nitrogens with one attached hydrogen (secondary N) is 1. The lowest BCUT2D eigenvalue weighted by Gasteiger charge is -2.29. The fourth-order valence-electron chi connectivity index (χ4n) is 3.44. The first-order valence-electron chi connectivity index (χ1n) is 7.74. The fourth-order valence-corrected chi connectivity index (χ4v) is 3.44. The molecule has 19 heavy (non-hydrogen) atoms. The van der Waals surface area contributed by atoms with Crippen LogP contribution in [0.25, 0.3) is 0 Å². The Kier molecular flexibility index (Phi) is 5.22. The van der Waals surface area contributed by atoms with Crippen LogP contribution >= 0.6 is 0 Å². The number of likely N-dealkylation sites (tertiary alicyclic amines) is 1. The summed E-state index contributed by atoms with van der Waals surface area (Å²) in [6.45, 7) is 5.98. The van der Waals surface area contributed by atoms with Crippen LogP contribution in [0.4, 0.5) is 0 Å². The lowest BCUT2D eigenvalue weighted by Crippen LogP contribution is -2.46. The van der Waals surface area contributed by atoms with Crippen LogP contribution in [0.5, 0.6) is 0 Å². The highest BCUT2D eigenvalue weighted by molar-refractivity contribution is 5.78. The number of nitrogens with zero attached hydrogens (tertiary/aromatic N) is 1. The monoisotopic (exact) mass is 268 g/mol. The Bertz CT molecular complexity index is 301. The van der Waals surface area contributed by atoms with Gasteiger partial charge in [0, 0.05) is 12.1 Å². The van der Waals surface area contributed by atoms with Gasteiger partial charge in [0.1, 0.15) is 0 Å². The maximum absolute atomic E-state index is 12.1. The average Bonchev–Trinajstić information content (AvgIpc) is 2.72. The van der Waals surface area contributed by atoms with Gasteiger partial charge in [0.25, 0.3) is 0 Å². The number of hydrogen-bond donors (Lipinski definition) is 2. The zero-order chi connectivity index (χ0) is 13.8. The summed E-state index contributed by atoms with van der Waals surface area (Å²) in [4.78, 5) is 14.2. The van der Waals surface area contributed by atoms with Crippen molar-refractivity contribution in [1.29, 1.82) is 0 Å². The Labute approximate surface area is 116 Å². The van der Waals surface area contributed by atoms with Gasteiger partial charge in [0.15, 0.2) is 0 Å². The van der Waals surface area contributed by atoms with Crippen LogP contribution in [0.2, 0.25) is 0 Å². The molecule has 1 saturated heterocycles. The molecule has 4 nitrogen and oxygen atoms in total.